The maximum atomic E-state index is 2.64. The van der Waals surface area contributed by atoms with E-state index in [1.807, 2.05) is 0 Å². The van der Waals surface area contributed by atoms with Crippen molar-refractivity contribution in [3.05, 3.63) is 211 Å². The van der Waals surface area contributed by atoms with Crippen molar-refractivity contribution < 1.29 is 0 Å². The number of nitrogens with zero attached hydrogens (tertiary/aromatic N) is 1. The zero-order chi connectivity index (χ0) is 37.1. The molecule has 5 aliphatic rings. The average Bonchev–Trinajstić information content (AvgIpc) is 4.20. The van der Waals surface area contributed by atoms with Crippen LogP contribution in [0.1, 0.15) is 55.2 Å². The van der Waals surface area contributed by atoms with Gasteiger partial charge in [0.25, 0.3) is 0 Å². The first-order valence-corrected chi connectivity index (χ1v) is 20.8. The molecule has 5 aliphatic carbocycles. The summed E-state index contributed by atoms with van der Waals surface area (Å²) in [5.41, 5.74) is 15.1. The van der Waals surface area contributed by atoms with Crippen molar-refractivity contribution in [1.29, 1.82) is 0 Å². The highest BCUT2D eigenvalue weighted by Gasteiger charge is 2.66. The monoisotopic (exact) mass is 721 g/mol. The summed E-state index contributed by atoms with van der Waals surface area (Å²) in [4.78, 5) is 2.64. The fourth-order valence-corrected chi connectivity index (χ4v) is 10.5. The molecule has 0 aliphatic heterocycles. The Kier molecular flexibility index (Phi) is 8.16. The second-order valence-corrected chi connectivity index (χ2v) is 16.8. The van der Waals surface area contributed by atoms with Gasteiger partial charge in [-0.05, 0) is 154 Å². The molecule has 272 valence electrons. The molecule has 5 atom stereocenters. The molecule has 0 spiro atoms. The topological polar surface area (TPSA) is 3.24 Å². The van der Waals surface area contributed by atoms with Gasteiger partial charge < -0.3 is 4.90 Å². The minimum atomic E-state index is 0.268. The van der Waals surface area contributed by atoms with Gasteiger partial charge in [0.15, 0.2) is 0 Å². The van der Waals surface area contributed by atoms with E-state index in [9.17, 15) is 0 Å². The summed E-state index contributed by atoms with van der Waals surface area (Å²) in [6.07, 6.45) is 24.0. The molecule has 6 aromatic rings. The molecule has 56 heavy (non-hydrogen) atoms. The van der Waals surface area contributed by atoms with Gasteiger partial charge >= 0.3 is 0 Å². The highest BCUT2D eigenvalue weighted by molar-refractivity contribution is 6.00. The SMILES string of the molecule is C1=CC2CC2C2(c3ccc(N(C4=CC=C(c5cccc(-c6cc(-c7ccccc7)cc7ccccc67)c5)CC4)C4C=CC(c5ccccc5)=CC4)cc3)CC2C1. The normalized spacial score (nSPS) is 24.6. The summed E-state index contributed by atoms with van der Waals surface area (Å²) in [7, 11) is 0. The summed E-state index contributed by atoms with van der Waals surface area (Å²) < 4.78 is 0. The van der Waals surface area contributed by atoms with E-state index in [0.717, 1.165) is 37.0 Å². The number of benzene rings is 6. The van der Waals surface area contributed by atoms with Gasteiger partial charge in [-0.1, -0.05) is 152 Å². The Morgan fingerprint density at radius 1 is 0.589 bits per heavy atom. The minimum Gasteiger partial charge on any atom is -0.338 e. The van der Waals surface area contributed by atoms with E-state index in [4.69, 9.17) is 0 Å². The van der Waals surface area contributed by atoms with E-state index in [1.54, 1.807) is 5.56 Å². The fraction of sp³-hybridized carbons (Fsp3) is 0.200. The van der Waals surface area contributed by atoms with Crippen LogP contribution < -0.4 is 4.90 Å². The lowest BCUT2D eigenvalue weighted by molar-refractivity contribution is 0.525. The summed E-state index contributed by atoms with van der Waals surface area (Å²) in [5, 5.41) is 2.56. The first-order valence-electron chi connectivity index (χ1n) is 20.8. The van der Waals surface area contributed by atoms with Gasteiger partial charge in [0, 0.05) is 16.8 Å². The molecule has 5 unspecified atom stereocenters. The van der Waals surface area contributed by atoms with Crippen molar-refractivity contribution in [3.63, 3.8) is 0 Å². The third-order valence-electron chi connectivity index (χ3n) is 13.6. The molecule has 0 amide bonds. The van der Waals surface area contributed by atoms with Crippen molar-refractivity contribution in [2.75, 3.05) is 4.90 Å². The van der Waals surface area contributed by atoms with Crippen LogP contribution >= 0.6 is 0 Å². The Labute approximate surface area is 331 Å². The molecule has 0 aromatic heterocycles. The summed E-state index contributed by atoms with van der Waals surface area (Å²) >= 11 is 0. The zero-order valence-electron chi connectivity index (χ0n) is 31.9. The van der Waals surface area contributed by atoms with E-state index in [-0.39, 0.29) is 6.04 Å². The number of hydrogen-bond donors (Lipinski definition) is 0. The Morgan fingerprint density at radius 2 is 1.36 bits per heavy atom. The van der Waals surface area contributed by atoms with Crippen LogP contribution in [-0.4, -0.2) is 6.04 Å². The lowest BCUT2D eigenvalue weighted by Crippen LogP contribution is -2.34. The summed E-state index contributed by atoms with van der Waals surface area (Å²) in [5.74, 6) is 2.49. The molecular weight excluding hydrogens is 675 g/mol. The molecule has 1 nitrogen and oxygen atoms in total. The zero-order valence-corrected chi connectivity index (χ0v) is 31.9. The van der Waals surface area contributed by atoms with Gasteiger partial charge in [-0.15, -0.1) is 0 Å². The summed E-state index contributed by atoms with van der Waals surface area (Å²) in [6, 6.07) is 54.5. The Hall–Kier alpha value is -5.92. The molecule has 2 fully saturated rings. The Morgan fingerprint density at radius 3 is 2.14 bits per heavy atom. The van der Waals surface area contributed by atoms with Crippen molar-refractivity contribution >= 4 is 27.6 Å². The van der Waals surface area contributed by atoms with E-state index in [1.165, 1.54) is 85.9 Å². The van der Waals surface area contributed by atoms with Crippen LogP contribution in [0.25, 0.3) is 44.2 Å². The third-order valence-corrected chi connectivity index (χ3v) is 13.6. The highest BCUT2D eigenvalue weighted by atomic mass is 15.2. The molecule has 0 N–H and O–H groups in total. The number of anilines is 1. The van der Waals surface area contributed by atoms with Crippen LogP contribution in [0.3, 0.4) is 0 Å². The lowest BCUT2D eigenvalue weighted by Gasteiger charge is -2.36. The van der Waals surface area contributed by atoms with Gasteiger partial charge in [-0.3, -0.25) is 0 Å². The van der Waals surface area contributed by atoms with Crippen LogP contribution in [-0.2, 0) is 5.41 Å². The fourth-order valence-electron chi connectivity index (χ4n) is 10.5. The smallest absolute Gasteiger partial charge is 0.0557 e. The van der Waals surface area contributed by atoms with E-state index in [0.29, 0.717) is 5.41 Å². The van der Waals surface area contributed by atoms with Gasteiger partial charge in [0.2, 0.25) is 0 Å². The summed E-state index contributed by atoms with van der Waals surface area (Å²) in [6.45, 7) is 0. The van der Waals surface area contributed by atoms with E-state index < -0.39 is 0 Å². The molecule has 11 rings (SSSR count). The second kappa shape index (κ2) is 13.7. The number of allylic oxidation sites excluding steroid dienone is 8. The maximum absolute atomic E-state index is 2.64. The van der Waals surface area contributed by atoms with Crippen molar-refractivity contribution in [1.82, 2.24) is 0 Å². The Balaban J connectivity index is 0.921. The van der Waals surface area contributed by atoms with Crippen molar-refractivity contribution in [2.24, 2.45) is 17.8 Å². The second-order valence-electron chi connectivity index (χ2n) is 16.8. The van der Waals surface area contributed by atoms with Gasteiger partial charge in [-0.25, -0.2) is 0 Å². The predicted octanol–water partition coefficient (Wildman–Crippen LogP) is 14.0. The van der Waals surface area contributed by atoms with E-state index in [2.05, 4.69) is 193 Å². The van der Waals surface area contributed by atoms with Crippen LogP contribution in [0, 0.1) is 17.8 Å². The molecule has 2 saturated carbocycles. The highest BCUT2D eigenvalue weighted by Crippen LogP contribution is 2.71. The van der Waals surface area contributed by atoms with Gasteiger partial charge in [0.1, 0.15) is 0 Å². The average molecular weight is 722 g/mol. The molecular formula is C55H47N. The van der Waals surface area contributed by atoms with Gasteiger partial charge in [0.05, 0.1) is 6.04 Å². The van der Waals surface area contributed by atoms with Crippen LogP contribution in [0.15, 0.2) is 194 Å². The largest absolute Gasteiger partial charge is 0.338 e. The van der Waals surface area contributed by atoms with Gasteiger partial charge in [-0.2, -0.15) is 0 Å². The predicted molar refractivity (Wildman–Crippen MR) is 236 cm³/mol. The quantitative estimate of drug-likeness (QED) is 0.141. The van der Waals surface area contributed by atoms with Crippen LogP contribution in [0.2, 0.25) is 0 Å². The standard InChI is InChI=1S/C55H47N/c1-3-11-38(12-4-1)40-21-27-49(28-22-40)56(51-31-25-47(26-32-51)55-37-48(55)19-10-18-45-36-54(45)55)50-29-23-41(24-30-50)42-16-9-17-44(33-42)53-35-46(39-13-5-2-6-14-39)34-43-15-7-8-20-52(43)53/h1-18,20-23,25-27,29,31-35,45,48-49,54H,19,24,28,30,36-37H2. The minimum absolute atomic E-state index is 0.268. The van der Waals surface area contributed by atoms with Crippen LogP contribution in [0.5, 0.6) is 0 Å². The number of rotatable bonds is 8. The molecule has 0 saturated heterocycles. The molecule has 6 aromatic carbocycles. The van der Waals surface area contributed by atoms with Crippen LogP contribution in [0.4, 0.5) is 5.69 Å². The third kappa shape index (κ3) is 5.93. The lowest BCUT2D eigenvalue weighted by atomic mass is 9.86. The first-order chi connectivity index (χ1) is 27.7. The molecule has 0 heterocycles. The maximum Gasteiger partial charge on any atom is 0.0557 e. The first kappa shape index (κ1) is 33.4. The molecule has 0 radical (unpaired) electrons. The molecule has 0 bridgehead atoms. The number of hydrogen-bond acceptors (Lipinski definition) is 1. The Bertz CT molecular complexity index is 2600. The number of fused-ring (bicyclic) bond motifs is 4. The molecule has 1 heteroatoms. The van der Waals surface area contributed by atoms with E-state index >= 15 is 0 Å². The van der Waals surface area contributed by atoms with Crippen molar-refractivity contribution in [3.8, 4) is 22.3 Å². The van der Waals surface area contributed by atoms with Crippen molar-refractivity contribution in [2.45, 2.75) is 50.0 Å².